The smallest absolute Gasteiger partial charge is 0.252 e. The van der Waals surface area contributed by atoms with Gasteiger partial charge in [0.25, 0.3) is 10.0 Å². The van der Waals surface area contributed by atoms with E-state index in [2.05, 4.69) is 5.32 Å². The number of thiophene rings is 1. The van der Waals surface area contributed by atoms with Crippen molar-refractivity contribution in [1.29, 1.82) is 0 Å². The topological polar surface area (TPSA) is 86.8 Å². The fourth-order valence-electron chi connectivity index (χ4n) is 3.22. The second kappa shape index (κ2) is 6.81. The second-order valence-corrected chi connectivity index (χ2v) is 9.25. The van der Waals surface area contributed by atoms with Gasteiger partial charge >= 0.3 is 0 Å². The van der Waals surface area contributed by atoms with E-state index in [9.17, 15) is 18.0 Å². The highest BCUT2D eigenvalue weighted by atomic mass is 32.2. The number of nitrogens with zero attached hydrogens (tertiary/aromatic N) is 2. The number of sulfonamides is 1. The standard InChI is InChI=1S/C15H21N3O4S2/c1-11-14(19)16-6-8-18(11)15(20)12-4-2-7-17(10-12)24(21,22)13-5-3-9-23-13/h3,5,9,11-12H,2,4,6-8,10H2,1H3,(H,16,19). The van der Waals surface area contributed by atoms with Crippen LogP contribution in [0.5, 0.6) is 0 Å². The monoisotopic (exact) mass is 371 g/mol. The largest absolute Gasteiger partial charge is 0.353 e. The molecule has 0 saturated carbocycles. The number of piperidine rings is 1. The third kappa shape index (κ3) is 3.20. The van der Waals surface area contributed by atoms with Gasteiger partial charge in [-0.25, -0.2) is 8.42 Å². The van der Waals surface area contributed by atoms with Gasteiger partial charge in [-0.15, -0.1) is 11.3 Å². The van der Waals surface area contributed by atoms with E-state index in [0.717, 1.165) is 0 Å². The van der Waals surface area contributed by atoms with Crippen molar-refractivity contribution < 1.29 is 18.0 Å². The van der Waals surface area contributed by atoms with Gasteiger partial charge in [-0.3, -0.25) is 9.59 Å². The zero-order valence-corrected chi connectivity index (χ0v) is 15.1. The van der Waals surface area contributed by atoms with Crippen molar-refractivity contribution in [3.05, 3.63) is 17.5 Å². The van der Waals surface area contributed by atoms with Crippen LogP contribution in [0.4, 0.5) is 0 Å². The zero-order valence-electron chi connectivity index (χ0n) is 13.5. The molecule has 0 aliphatic carbocycles. The van der Waals surface area contributed by atoms with E-state index in [4.69, 9.17) is 0 Å². The average molecular weight is 371 g/mol. The minimum absolute atomic E-state index is 0.122. The normalized spacial score (nSPS) is 26.2. The highest BCUT2D eigenvalue weighted by Gasteiger charge is 2.38. The van der Waals surface area contributed by atoms with E-state index in [-0.39, 0.29) is 24.3 Å². The predicted octanol–water partition coefficient (Wildman–Crippen LogP) is 0.496. The lowest BCUT2D eigenvalue weighted by molar-refractivity contribution is -0.146. The minimum atomic E-state index is -3.54. The van der Waals surface area contributed by atoms with Crippen molar-refractivity contribution in [2.45, 2.75) is 30.0 Å². The van der Waals surface area contributed by atoms with Crippen molar-refractivity contribution >= 4 is 33.2 Å². The van der Waals surface area contributed by atoms with Gasteiger partial charge < -0.3 is 10.2 Å². The summed E-state index contributed by atoms with van der Waals surface area (Å²) in [7, 11) is -3.54. The lowest BCUT2D eigenvalue weighted by Crippen LogP contribution is -2.58. The van der Waals surface area contributed by atoms with Crippen molar-refractivity contribution in [3.63, 3.8) is 0 Å². The highest BCUT2D eigenvalue weighted by Crippen LogP contribution is 2.27. The number of hydrogen-bond donors (Lipinski definition) is 1. The SMILES string of the molecule is CC1C(=O)NCCN1C(=O)C1CCCN(S(=O)(=O)c2cccs2)C1. The summed E-state index contributed by atoms with van der Waals surface area (Å²) in [5, 5.41) is 4.46. The maximum Gasteiger partial charge on any atom is 0.252 e. The fourth-order valence-corrected chi connectivity index (χ4v) is 5.89. The molecule has 3 rings (SSSR count). The van der Waals surface area contributed by atoms with Crippen LogP contribution < -0.4 is 5.32 Å². The molecule has 3 heterocycles. The number of carbonyl (C=O) groups excluding carboxylic acids is 2. The molecule has 2 fully saturated rings. The summed E-state index contributed by atoms with van der Waals surface area (Å²) in [6, 6.07) is 2.79. The second-order valence-electron chi connectivity index (χ2n) is 6.13. The Labute approximate surface area is 145 Å². The Kier molecular flexibility index (Phi) is 4.93. The van der Waals surface area contributed by atoms with Crippen LogP contribution in [-0.4, -0.2) is 61.7 Å². The summed E-state index contributed by atoms with van der Waals surface area (Å²) >= 11 is 1.18. The van der Waals surface area contributed by atoms with E-state index >= 15 is 0 Å². The van der Waals surface area contributed by atoms with Crippen molar-refractivity contribution in [3.8, 4) is 0 Å². The molecular weight excluding hydrogens is 350 g/mol. The molecule has 0 aromatic carbocycles. The molecule has 2 amide bonds. The van der Waals surface area contributed by atoms with Gasteiger partial charge in [0.05, 0.1) is 5.92 Å². The molecule has 1 aromatic heterocycles. The van der Waals surface area contributed by atoms with Crippen molar-refractivity contribution in [1.82, 2.24) is 14.5 Å². The Bertz CT molecular complexity index is 717. The van der Waals surface area contributed by atoms with Gasteiger partial charge in [-0.05, 0) is 31.2 Å². The van der Waals surface area contributed by atoms with E-state index in [1.165, 1.54) is 15.6 Å². The number of carbonyl (C=O) groups is 2. The molecule has 1 aromatic rings. The maximum absolute atomic E-state index is 12.8. The Balaban J connectivity index is 1.74. The van der Waals surface area contributed by atoms with Gasteiger partial charge in [0.1, 0.15) is 10.3 Å². The Hall–Kier alpha value is -1.45. The van der Waals surface area contributed by atoms with Crippen LogP contribution >= 0.6 is 11.3 Å². The van der Waals surface area contributed by atoms with Crippen LogP contribution in [-0.2, 0) is 19.6 Å². The van der Waals surface area contributed by atoms with Crippen molar-refractivity contribution in [2.24, 2.45) is 5.92 Å². The zero-order chi connectivity index (χ0) is 17.3. The van der Waals surface area contributed by atoms with Gasteiger partial charge in [0.2, 0.25) is 11.8 Å². The summed E-state index contributed by atoms with van der Waals surface area (Å²) in [6.45, 7) is 3.23. The lowest BCUT2D eigenvalue weighted by Gasteiger charge is -2.38. The summed E-state index contributed by atoms with van der Waals surface area (Å²) < 4.78 is 27.0. The quantitative estimate of drug-likeness (QED) is 0.838. The Morgan fingerprint density at radius 2 is 2.17 bits per heavy atom. The summed E-state index contributed by atoms with van der Waals surface area (Å²) in [5.74, 6) is -0.668. The van der Waals surface area contributed by atoms with Crippen LogP contribution in [0.1, 0.15) is 19.8 Å². The van der Waals surface area contributed by atoms with Crippen molar-refractivity contribution in [2.75, 3.05) is 26.2 Å². The first-order chi connectivity index (χ1) is 11.4. The summed E-state index contributed by atoms with van der Waals surface area (Å²) in [6.07, 6.45) is 1.30. The van der Waals surface area contributed by atoms with Crippen LogP contribution in [0.15, 0.2) is 21.7 Å². The molecule has 0 spiro atoms. The highest BCUT2D eigenvalue weighted by molar-refractivity contribution is 7.91. The summed E-state index contributed by atoms with van der Waals surface area (Å²) in [5.41, 5.74) is 0. The first-order valence-electron chi connectivity index (χ1n) is 8.03. The van der Waals surface area contributed by atoms with Gasteiger partial charge in [-0.2, -0.15) is 4.31 Å². The molecule has 2 saturated heterocycles. The molecule has 132 valence electrons. The minimum Gasteiger partial charge on any atom is -0.353 e. The van der Waals surface area contributed by atoms with Crippen LogP contribution in [0, 0.1) is 5.92 Å². The molecule has 0 radical (unpaired) electrons. The lowest BCUT2D eigenvalue weighted by atomic mass is 9.97. The Morgan fingerprint density at radius 3 is 2.88 bits per heavy atom. The third-order valence-electron chi connectivity index (χ3n) is 4.60. The molecule has 24 heavy (non-hydrogen) atoms. The molecule has 0 bridgehead atoms. The van der Waals surface area contributed by atoms with E-state index < -0.39 is 16.1 Å². The van der Waals surface area contributed by atoms with Crippen LogP contribution in [0.25, 0.3) is 0 Å². The maximum atomic E-state index is 12.8. The predicted molar refractivity (Wildman–Crippen MR) is 90.0 cm³/mol. The molecule has 9 heteroatoms. The summed E-state index contributed by atoms with van der Waals surface area (Å²) in [4.78, 5) is 26.1. The molecule has 2 aliphatic rings. The molecule has 2 unspecified atom stereocenters. The molecule has 2 aliphatic heterocycles. The third-order valence-corrected chi connectivity index (χ3v) is 7.84. The number of hydrogen-bond acceptors (Lipinski definition) is 5. The van der Waals surface area contributed by atoms with Crippen LogP contribution in [0.2, 0.25) is 0 Å². The number of nitrogens with one attached hydrogen (secondary N) is 1. The van der Waals surface area contributed by atoms with E-state index in [0.29, 0.717) is 36.7 Å². The van der Waals surface area contributed by atoms with Gasteiger partial charge in [0.15, 0.2) is 0 Å². The van der Waals surface area contributed by atoms with Gasteiger partial charge in [-0.1, -0.05) is 6.07 Å². The number of rotatable bonds is 3. The van der Waals surface area contributed by atoms with E-state index in [1.807, 2.05) is 0 Å². The molecular formula is C15H21N3O4S2. The Morgan fingerprint density at radius 1 is 1.38 bits per heavy atom. The van der Waals surface area contributed by atoms with E-state index in [1.54, 1.807) is 29.3 Å². The molecule has 1 N–H and O–H groups in total. The number of piperazine rings is 1. The first kappa shape index (κ1) is 17.4. The average Bonchev–Trinajstić information content (AvgIpc) is 3.12. The van der Waals surface area contributed by atoms with Gasteiger partial charge in [0, 0.05) is 26.2 Å². The first-order valence-corrected chi connectivity index (χ1v) is 10.3. The molecule has 7 nitrogen and oxygen atoms in total. The fraction of sp³-hybridized carbons (Fsp3) is 0.600. The number of amides is 2. The van der Waals surface area contributed by atoms with Crippen LogP contribution in [0.3, 0.4) is 0 Å². The molecule has 2 atom stereocenters.